The van der Waals surface area contributed by atoms with Gasteiger partial charge in [-0.1, -0.05) is 19.9 Å². The molecule has 0 aliphatic carbocycles. The number of aromatic nitrogens is 1. The van der Waals surface area contributed by atoms with Crippen LogP contribution < -0.4 is 5.32 Å². The summed E-state index contributed by atoms with van der Waals surface area (Å²) < 4.78 is 15.3. The number of benzene rings is 1. The van der Waals surface area contributed by atoms with Gasteiger partial charge in [-0.15, -0.1) is 0 Å². The number of hydrogen-bond donors (Lipinski definition) is 1. The SMILES string of the molecule is Cc1ccc(F)cc1Cn1ccc(CNC(C)C)c1. The molecule has 0 saturated carbocycles. The first kappa shape index (κ1) is 13.8. The Morgan fingerprint density at radius 2 is 2.05 bits per heavy atom. The molecule has 1 heterocycles. The molecule has 0 fully saturated rings. The summed E-state index contributed by atoms with van der Waals surface area (Å²) in [6.07, 6.45) is 4.15. The number of halogens is 1. The van der Waals surface area contributed by atoms with Crippen LogP contribution in [-0.2, 0) is 13.1 Å². The van der Waals surface area contributed by atoms with E-state index in [-0.39, 0.29) is 5.82 Å². The fourth-order valence-electron chi connectivity index (χ4n) is 2.02. The standard InChI is InChI=1S/C16H21FN2/c1-12(2)18-9-14-6-7-19(10-14)11-15-8-16(17)5-4-13(15)3/h4-8,10,12,18H,9,11H2,1-3H3. The highest BCUT2D eigenvalue weighted by molar-refractivity contribution is 5.27. The van der Waals surface area contributed by atoms with Crippen LogP contribution in [0.2, 0.25) is 0 Å². The maximum absolute atomic E-state index is 13.2. The van der Waals surface area contributed by atoms with Gasteiger partial charge in [-0.2, -0.15) is 0 Å². The van der Waals surface area contributed by atoms with E-state index in [2.05, 4.69) is 36.0 Å². The van der Waals surface area contributed by atoms with E-state index in [0.29, 0.717) is 12.6 Å². The van der Waals surface area contributed by atoms with Gasteiger partial charge in [-0.25, -0.2) is 4.39 Å². The molecule has 1 aromatic heterocycles. The fraction of sp³-hybridized carbons (Fsp3) is 0.375. The molecular weight excluding hydrogens is 239 g/mol. The minimum atomic E-state index is -0.172. The van der Waals surface area contributed by atoms with Crippen molar-refractivity contribution in [3.05, 3.63) is 59.2 Å². The third-order valence-electron chi connectivity index (χ3n) is 3.19. The van der Waals surface area contributed by atoms with Gasteiger partial charge in [-0.3, -0.25) is 0 Å². The Kier molecular flexibility index (Phi) is 4.38. The molecule has 1 aromatic carbocycles. The van der Waals surface area contributed by atoms with Crippen molar-refractivity contribution in [2.24, 2.45) is 0 Å². The van der Waals surface area contributed by atoms with Crippen molar-refractivity contribution in [1.82, 2.24) is 9.88 Å². The van der Waals surface area contributed by atoms with Gasteiger partial charge in [-0.05, 0) is 41.8 Å². The van der Waals surface area contributed by atoms with Gasteiger partial charge in [0.15, 0.2) is 0 Å². The summed E-state index contributed by atoms with van der Waals surface area (Å²) in [5.41, 5.74) is 3.40. The Morgan fingerprint density at radius 3 is 2.79 bits per heavy atom. The summed E-state index contributed by atoms with van der Waals surface area (Å²) >= 11 is 0. The smallest absolute Gasteiger partial charge is 0.123 e. The Morgan fingerprint density at radius 1 is 1.26 bits per heavy atom. The van der Waals surface area contributed by atoms with Gasteiger partial charge in [0.05, 0.1) is 0 Å². The predicted octanol–water partition coefficient (Wildman–Crippen LogP) is 3.48. The molecule has 102 valence electrons. The van der Waals surface area contributed by atoms with Gasteiger partial charge in [0.1, 0.15) is 5.82 Å². The molecule has 0 atom stereocenters. The van der Waals surface area contributed by atoms with E-state index in [4.69, 9.17) is 0 Å². The number of rotatable bonds is 5. The number of hydrogen-bond acceptors (Lipinski definition) is 1. The van der Waals surface area contributed by atoms with Crippen LogP contribution in [0.25, 0.3) is 0 Å². The fourth-order valence-corrected chi connectivity index (χ4v) is 2.02. The first-order valence-electron chi connectivity index (χ1n) is 6.67. The van der Waals surface area contributed by atoms with Crippen LogP contribution in [0, 0.1) is 12.7 Å². The van der Waals surface area contributed by atoms with Crippen LogP contribution in [0.5, 0.6) is 0 Å². The summed E-state index contributed by atoms with van der Waals surface area (Å²) in [5.74, 6) is -0.172. The zero-order valence-corrected chi connectivity index (χ0v) is 11.8. The number of nitrogens with zero attached hydrogens (tertiary/aromatic N) is 1. The van der Waals surface area contributed by atoms with E-state index < -0.39 is 0 Å². The van der Waals surface area contributed by atoms with Crippen molar-refractivity contribution < 1.29 is 4.39 Å². The summed E-state index contributed by atoms with van der Waals surface area (Å²) in [6.45, 7) is 7.86. The molecule has 2 aromatic rings. The largest absolute Gasteiger partial charge is 0.350 e. The number of nitrogens with one attached hydrogen (secondary N) is 1. The molecule has 19 heavy (non-hydrogen) atoms. The second-order valence-corrected chi connectivity index (χ2v) is 5.30. The Labute approximate surface area is 114 Å². The Hall–Kier alpha value is -1.61. The summed E-state index contributed by atoms with van der Waals surface area (Å²) in [5, 5.41) is 3.39. The Balaban J connectivity index is 2.05. The lowest BCUT2D eigenvalue weighted by molar-refractivity contribution is 0.588. The van der Waals surface area contributed by atoms with Crippen LogP contribution in [-0.4, -0.2) is 10.6 Å². The van der Waals surface area contributed by atoms with Gasteiger partial charge in [0.25, 0.3) is 0 Å². The highest BCUT2D eigenvalue weighted by Gasteiger charge is 2.03. The van der Waals surface area contributed by atoms with Crippen molar-refractivity contribution in [3.63, 3.8) is 0 Å². The maximum Gasteiger partial charge on any atom is 0.123 e. The second-order valence-electron chi connectivity index (χ2n) is 5.30. The van der Waals surface area contributed by atoms with E-state index in [1.165, 1.54) is 11.6 Å². The molecule has 0 aliphatic rings. The zero-order valence-electron chi connectivity index (χ0n) is 11.8. The first-order valence-corrected chi connectivity index (χ1v) is 6.67. The molecule has 0 spiro atoms. The average molecular weight is 260 g/mol. The van der Waals surface area contributed by atoms with Gasteiger partial charge < -0.3 is 9.88 Å². The summed E-state index contributed by atoms with van der Waals surface area (Å²) in [7, 11) is 0. The van der Waals surface area contributed by atoms with E-state index in [9.17, 15) is 4.39 Å². The lowest BCUT2D eigenvalue weighted by atomic mass is 10.1. The van der Waals surface area contributed by atoms with E-state index >= 15 is 0 Å². The lowest BCUT2D eigenvalue weighted by Crippen LogP contribution is -2.21. The third-order valence-corrected chi connectivity index (χ3v) is 3.19. The molecule has 3 heteroatoms. The molecule has 0 aliphatic heterocycles. The molecule has 0 radical (unpaired) electrons. The average Bonchev–Trinajstić information content (AvgIpc) is 2.79. The van der Waals surface area contributed by atoms with Crippen molar-refractivity contribution in [2.75, 3.05) is 0 Å². The first-order chi connectivity index (χ1) is 9.04. The summed E-state index contributed by atoms with van der Waals surface area (Å²) in [4.78, 5) is 0. The highest BCUT2D eigenvalue weighted by atomic mass is 19.1. The van der Waals surface area contributed by atoms with Gasteiger partial charge in [0.2, 0.25) is 0 Å². The quantitative estimate of drug-likeness (QED) is 0.871. The van der Waals surface area contributed by atoms with Crippen LogP contribution in [0.15, 0.2) is 36.7 Å². The topological polar surface area (TPSA) is 17.0 Å². The maximum atomic E-state index is 13.2. The molecular formula is C16H21FN2. The van der Waals surface area contributed by atoms with Gasteiger partial charge in [0, 0.05) is 31.5 Å². The van der Waals surface area contributed by atoms with Crippen molar-refractivity contribution in [3.8, 4) is 0 Å². The van der Waals surface area contributed by atoms with Crippen LogP contribution >= 0.6 is 0 Å². The molecule has 2 rings (SSSR count). The number of aryl methyl sites for hydroxylation is 1. The van der Waals surface area contributed by atoms with Crippen molar-refractivity contribution >= 4 is 0 Å². The Bertz CT molecular complexity index is 543. The van der Waals surface area contributed by atoms with E-state index in [1.807, 2.05) is 19.2 Å². The normalized spacial score (nSPS) is 11.2. The summed E-state index contributed by atoms with van der Waals surface area (Å²) in [6, 6.07) is 7.53. The predicted molar refractivity (Wildman–Crippen MR) is 76.6 cm³/mol. The zero-order chi connectivity index (χ0) is 13.8. The lowest BCUT2D eigenvalue weighted by Gasteiger charge is -2.08. The van der Waals surface area contributed by atoms with E-state index in [0.717, 1.165) is 17.7 Å². The van der Waals surface area contributed by atoms with Crippen molar-refractivity contribution in [2.45, 2.75) is 39.9 Å². The molecule has 0 bridgehead atoms. The van der Waals surface area contributed by atoms with Crippen LogP contribution in [0.3, 0.4) is 0 Å². The minimum absolute atomic E-state index is 0.172. The third kappa shape index (κ3) is 3.93. The monoisotopic (exact) mass is 260 g/mol. The van der Waals surface area contributed by atoms with E-state index in [1.54, 1.807) is 6.07 Å². The van der Waals surface area contributed by atoms with Gasteiger partial charge >= 0.3 is 0 Å². The highest BCUT2D eigenvalue weighted by Crippen LogP contribution is 2.13. The second kappa shape index (κ2) is 6.02. The van der Waals surface area contributed by atoms with Crippen LogP contribution in [0.4, 0.5) is 4.39 Å². The molecule has 2 nitrogen and oxygen atoms in total. The molecule has 0 unspecified atom stereocenters. The molecule has 1 N–H and O–H groups in total. The minimum Gasteiger partial charge on any atom is -0.350 e. The van der Waals surface area contributed by atoms with Crippen molar-refractivity contribution in [1.29, 1.82) is 0 Å². The molecule has 0 saturated heterocycles. The molecule has 0 amide bonds. The van der Waals surface area contributed by atoms with Crippen LogP contribution in [0.1, 0.15) is 30.5 Å².